The standard InChI is InChI=1S/C70H68N2Si4/c1-73(2,3)49-29-35-65-59(41-49)60-42-50(74(4,5)6)30-36-66(60)71(65)47-27-33-57-63(39-47)69(55-25-17-21-45-19-13-15-23-53(45)55)58-34-28-48(40-64(58)70(57)56-26-18-22-46-20-14-16-24-54(46)56)72-67-37-31-51(75(7,8)9)43-61(67)62-44-52(76(10,11)12)32-38-68(62)72/h13-44H,1-12H3. The van der Waals surface area contributed by atoms with Gasteiger partial charge >= 0.3 is 0 Å². The predicted molar refractivity (Wildman–Crippen MR) is 348 cm³/mol. The number of hydrogen-bond donors (Lipinski definition) is 0. The van der Waals surface area contributed by atoms with Crippen LogP contribution in [-0.2, 0) is 0 Å². The average Bonchev–Trinajstić information content (AvgIpc) is 4.02. The van der Waals surface area contributed by atoms with Crippen molar-refractivity contribution in [3.63, 3.8) is 0 Å². The van der Waals surface area contributed by atoms with Crippen LogP contribution in [0.1, 0.15) is 0 Å². The first-order valence-electron chi connectivity index (χ1n) is 27.4. The summed E-state index contributed by atoms with van der Waals surface area (Å²) in [5.41, 5.74) is 12.4. The SMILES string of the molecule is C[Si](C)(C)c1ccc2c(c1)c1cc([Si](C)(C)C)ccc1n2-c1ccc2c(-c3cccc4ccccc34)c3cc(-n4c5ccc([Si](C)(C)C)cc5c5cc([Si](C)(C)C)ccc54)ccc3c(-c3cccc4ccccc34)c2c1. The molecule has 76 heavy (non-hydrogen) atoms. The lowest BCUT2D eigenvalue weighted by Crippen LogP contribution is -2.37. The molecule has 0 aliphatic rings. The molecule has 0 aliphatic carbocycles. The van der Waals surface area contributed by atoms with Crippen molar-refractivity contribution in [2.75, 3.05) is 0 Å². The van der Waals surface area contributed by atoms with Crippen LogP contribution in [0.15, 0.2) is 194 Å². The molecule has 13 aromatic rings. The van der Waals surface area contributed by atoms with Crippen molar-refractivity contribution in [2.24, 2.45) is 0 Å². The fourth-order valence-electron chi connectivity index (χ4n) is 12.4. The Balaban J connectivity index is 1.18. The highest BCUT2D eigenvalue weighted by Gasteiger charge is 2.27. The molecule has 0 aliphatic heterocycles. The van der Waals surface area contributed by atoms with Gasteiger partial charge in [0.05, 0.1) is 54.4 Å². The first kappa shape index (κ1) is 48.6. The maximum absolute atomic E-state index is 2.56. The molecule has 0 saturated carbocycles. The van der Waals surface area contributed by atoms with Gasteiger partial charge in [-0.2, -0.15) is 0 Å². The van der Waals surface area contributed by atoms with Gasteiger partial charge in [-0.3, -0.25) is 0 Å². The van der Waals surface area contributed by atoms with E-state index in [1.165, 1.54) is 141 Å². The van der Waals surface area contributed by atoms with E-state index in [-0.39, 0.29) is 0 Å². The lowest BCUT2D eigenvalue weighted by atomic mass is 9.83. The Labute approximate surface area is 452 Å². The number of benzene rings is 11. The van der Waals surface area contributed by atoms with Gasteiger partial charge in [0, 0.05) is 32.9 Å². The number of hydrogen-bond acceptors (Lipinski definition) is 0. The lowest BCUT2D eigenvalue weighted by Gasteiger charge is -2.22. The summed E-state index contributed by atoms with van der Waals surface area (Å²) in [4.78, 5) is 0. The summed E-state index contributed by atoms with van der Waals surface area (Å²) in [6.45, 7) is 29.6. The van der Waals surface area contributed by atoms with Crippen LogP contribution in [-0.4, -0.2) is 41.4 Å². The van der Waals surface area contributed by atoms with Gasteiger partial charge in [-0.05, 0) is 114 Å². The summed E-state index contributed by atoms with van der Waals surface area (Å²) >= 11 is 0. The largest absolute Gasteiger partial charge is 0.309 e. The molecule has 0 fully saturated rings. The minimum absolute atomic E-state index is 1.18. The molecule has 0 saturated heterocycles. The normalized spacial score (nSPS) is 13.0. The summed E-state index contributed by atoms with van der Waals surface area (Å²) in [5.74, 6) is 0. The lowest BCUT2D eigenvalue weighted by molar-refractivity contribution is 1.18. The van der Waals surface area contributed by atoms with Crippen molar-refractivity contribution in [3.05, 3.63) is 194 Å². The predicted octanol–water partition coefficient (Wildman–Crippen LogP) is 18.0. The minimum atomic E-state index is -1.61. The summed E-state index contributed by atoms with van der Waals surface area (Å²) in [6.07, 6.45) is 0. The molecule has 0 amide bonds. The van der Waals surface area contributed by atoms with Gasteiger partial charge in [0.15, 0.2) is 0 Å². The van der Waals surface area contributed by atoms with Crippen molar-refractivity contribution >= 4 is 140 Å². The zero-order valence-corrected chi connectivity index (χ0v) is 50.4. The Morgan fingerprint density at radius 2 is 0.539 bits per heavy atom. The second-order valence-corrected chi connectivity index (χ2v) is 46.2. The Hall–Kier alpha value is -7.07. The third kappa shape index (κ3) is 7.82. The molecule has 0 bridgehead atoms. The van der Waals surface area contributed by atoms with E-state index in [4.69, 9.17) is 0 Å². The number of fused-ring (bicyclic) bond motifs is 10. The van der Waals surface area contributed by atoms with Crippen LogP contribution in [0.4, 0.5) is 0 Å². The van der Waals surface area contributed by atoms with Gasteiger partial charge in [-0.25, -0.2) is 0 Å². The summed E-state index contributed by atoms with van der Waals surface area (Å²) in [6, 6.07) is 76.0. The molecule has 2 nitrogen and oxygen atoms in total. The maximum Gasteiger partial charge on any atom is 0.0776 e. The van der Waals surface area contributed by atoms with E-state index in [0.717, 1.165) is 0 Å². The maximum atomic E-state index is 2.56. The van der Waals surface area contributed by atoms with E-state index in [0.29, 0.717) is 0 Å². The molecule has 2 aromatic heterocycles. The monoisotopic (exact) mass is 1050 g/mol. The highest BCUT2D eigenvalue weighted by Crippen LogP contribution is 2.49. The molecule has 0 unspecified atom stereocenters. The van der Waals surface area contributed by atoms with E-state index < -0.39 is 32.3 Å². The molecule has 0 N–H and O–H groups in total. The van der Waals surface area contributed by atoms with Gasteiger partial charge in [0.25, 0.3) is 0 Å². The smallest absolute Gasteiger partial charge is 0.0776 e. The average molecular weight is 1050 g/mol. The third-order valence-corrected chi connectivity index (χ3v) is 24.9. The molecule has 0 radical (unpaired) electrons. The summed E-state index contributed by atoms with van der Waals surface area (Å²) < 4.78 is 5.13. The topological polar surface area (TPSA) is 9.86 Å². The molecule has 6 heteroatoms. The van der Waals surface area contributed by atoms with E-state index in [1.807, 2.05) is 0 Å². The van der Waals surface area contributed by atoms with E-state index in [1.54, 1.807) is 0 Å². The first-order valence-corrected chi connectivity index (χ1v) is 41.4. The van der Waals surface area contributed by atoms with E-state index in [9.17, 15) is 0 Å². The van der Waals surface area contributed by atoms with Crippen LogP contribution in [0.5, 0.6) is 0 Å². The number of aromatic nitrogens is 2. The van der Waals surface area contributed by atoms with Crippen LogP contribution < -0.4 is 20.7 Å². The fraction of sp³-hybridized carbons (Fsp3) is 0.171. The van der Waals surface area contributed by atoms with Crippen LogP contribution in [0.3, 0.4) is 0 Å². The van der Waals surface area contributed by atoms with Crippen molar-refractivity contribution in [1.82, 2.24) is 9.13 Å². The molecule has 0 atom stereocenters. The Morgan fingerprint density at radius 1 is 0.237 bits per heavy atom. The Kier molecular flexibility index (Phi) is 11.0. The van der Waals surface area contributed by atoms with Crippen LogP contribution in [0.25, 0.3) is 120 Å². The molecule has 11 aromatic carbocycles. The van der Waals surface area contributed by atoms with Gasteiger partial charge in [0.1, 0.15) is 0 Å². The van der Waals surface area contributed by atoms with Crippen LogP contribution >= 0.6 is 0 Å². The van der Waals surface area contributed by atoms with Crippen LogP contribution in [0.2, 0.25) is 78.6 Å². The third-order valence-electron chi connectivity index (χ3n) is 16.7. The van der Waals surface area contributed by atoms with E-state index >= 15 is 0 Å². The zero-order valence-electron chi connectivity index (χ0n) is 46.4. The first-order chi connectivity index (χ1) is 36.2. The molecule has 2 heterocycles. The minimum Gasteiger partial charge on any atom is -0.309 e. The Morgan fingerprint density at radius 3 is 0.855 bits per heavy atom. The quantitative estimate of drug-likeness (QED) is 0.106. The van der Waals surface area contributed by atoms with Gasteiger partial charge in [-0.15, -0.1) is 0 Å². The second-order valence-electron chi connectivity index (χ2n) is 25.9. The molecule has 0 spiro atoms. The molecule has 13 rings (SSSR count). The van der Waals surface area contributed by atoms with Crippen molar-refractivity contribution in [1.29, 1.82) is 0 Å². The van der Waals surface area contributed by atoms with E-state index in [2.05, 4.69) is 282 Å². The van der Waals surface area contributed by atoms with Gasteiger partial charge < -0.3 is 9.13 Å². The summed E-state index contributed by atoms with van der Waals surface area (Å²) in [7, 11) is -6.45. The highest BCUT2D eigenvalue weighted by atomic mass is 28.3. The second kappa shape index (κ2) is 17.2. The van der Waals surface area contributed by atoms with Crippen LogP contribution in [0, 0.1) is 0 Å². The number of rotatable bonds is 8. The van der Waals surface area contributed by atoms with Gasteiger partial charge in [0.2, 0.25) is 0 Å². The van der Waals surface area contributed by atoms with Gasteiger partial charge in [-0.1, -0.05) is 245 Å². The van der Waals surface area contributed by atoms with Crippen molar-refractivity contribution < 1.29 is 0 Å². The zero-order chi connectivity index (χ0) is 52.8. The summed E-state index contributed by atoms with van der Waals surface area (Å²) in [5, 5.41) is 21.4. The molecule has 374 valence electrons. The van der Waals surface area contributed by atoms with Crippen molar-refractivity contribution in [3.8, 4) is 33.6 Å². The fourth-order valence-corrected chi connectivity index (χ4v) is 17.1. The molecular formula is C70H68N2Si4. The highest BCUT2D eigenvalue weighted by molar-refractivity contribution is 6.90. The Bertz CT molecular complexity index is 4120. The number of nitrogens with zero attached hydrogens (tertiary/aromatic N) is 2. The molecular weight excluding hydrogens is 981 g/mol. The van der Waals surface area contributed by atoms with Crippen molar-refractivity contribution in [2.45, 2.75) is 78.6 Å².